The number of pyridine rings is 1. The summed E-state index contributed by atoms with van der Waals surface area (Å²) in [4.78, 5) is 21.5. The van der Waals surface area contributed by atoms with Crippen LogP contribution >= 0.6 is 11.3 Å². The average molecular weight is 412 g/mol. The molecule has 29 heavy (non-hydrogen) atoms. The molecule has 0 aliphatic carbocycles. The molecule has 1 unspecified atom stereocenters. The molecule has 1 atom stereocenters. The fraction of sp³-hybridized carbons (Fsp3) is 0.500. The molecule has 0 saturated carbocycles. The Kier molecular flexibility index (Phi) is 5.69. The molecule has 1 aliphatic rings. The second kappa shape index (κ2) is 8.24. The van der Waals surface area contributed by atoms with Crippen molar-refractivity contribution in [1.29, 1.82) is 0 Å². The monoisotopic (exact) mass is 411 g/mol. The van der Waals surface area contributed by atoms with Crippen LogP contribution in [-0.4, -0.2) is 45.2 Å². The van der Waals surface area contributed by atoms with Crippen LogP contribution < -0.4 is 5.32 Å². The number of amides is 1. The zero-order valence-electron chi connectivity index (χ0n) is 17.6. The predicted octanol–water partition coefficient (Wildman–Crippen LogP) is 3.85. The van der Waals surface area contributed by atoms with Crippen molar-refractivity contribution in [2.75, 3.05) is 19.6 Å². The first-order valence-corrected chi connectivity index (χ1v) is 11.2. The first-order valence-electron chi connectivity index (χ1n) is 10.3. The van der Waals surface area contributed by atoms with Crippen LogP contribution in [0.4, 0.5) is 0 Å². The molecule has 1 aliphatic heterocycles. The maximum absolute atomic E-state index is 13.0. The van der Waals surface area contributed by atoms with Gasteiger partial charge in [0.15, 0.2) is 5.65 Å². The van der Waals surface area contributed by atoms with Crippen molar-refractivity contribution < 1.29 is 4.79 Å². The van der Waals surface area contributed by atoms with Crippen molar-refractivity contribution in [3.63, 3.8) is 0 Å². The van der Waals surface area contributed by atoms with Crippen molar-refractivity contribution in [3.8, 4) is 0 Å². The lowest BCUT2D eigenvalue weighted by Gasteiger charge is -2.36. The van der Waals surface area contributed by atoms with Crippen LogP contribution in [0.1, 0.15) is 52.4 Å². The number of hydrogen-bond donors (Lipinski definition) is 1. The molecule has 0 spiro atoms. The van der Waals surface area contributed by atoms with Crippen molar-refractivity contribution in [2.24, 2.45) is 13.0 Å². The minimum absolute atomic E-state index is 0.0629. The number of piperidine rings is 1. The number of likely N-dealkylation sites (tertiary alicyclic amines) is 1. The highest BCUT2D eigenvalue weighted by Gasteiger charge is 2.26. The SMILES string of the molecule is Cc1nc2c(cc1C(=O)NCC(c1cccs1)N1CCC(C)CC1)c(C)nn2C. The molecule has 154 valence electrons. The van der Waals surface area contributed by atoms with Crippen molar-refractivity contribution in [1.82, 2.24) is 25.0 Å². The average Bonchev–Trinajstić information content (AvgIpc) is 3.31. The van der Waals surface area contributed by atoms with Gasteiger partial charge in [0.1, 0.15) is 0 Å². The number of carbonyl (C=O) groups is 1. The third-order valence-corrected chi connectivity index (χ3v) is 6.99. The molecule has 1 N–H and O–H groups in total. The number of fused-ring (bicyclic) bond motifs is 1. The first-order chi connectivity index (χ1) is 13.9. The molecule has 0 radical (unpaired) electrons. The van der Waals surface area contributed by atoms with E-state index in [4.69, 9.17) is 0 Å². The van der Waals surface area contributed by atoms with E-state index in [0.717, 1.165) is 41.4 Å². The molecule has 0 bridgehead atoms. The Morgan fingerprint density at radius 1 is 1.31 bits per heavy atom. The lowest BCUT2D eigenvalue weighted by Crippen LogP contribution is -2.41. The van der Waals surface area contributed by atoms with Gasteiger partial charge >= 0.3 is 0 Å². The van der Waals surface area contributed by atoms with Gasteiger partial charge in [-0.05, 0) is 63.2 Å². The molecule has 1 saturated heterocycles. The van der Waals surface area contributed by atoms with Crippen LogP contribution in [0, 0.1) is 19.8 Å². The Hall–Kier alpha value is -2.25. The quantitative estimate of drug-likeness (QED) is 0.693. The number of carbonyl (C=O) groups excluding carboxylic acids is 1. The Labute approximate surface area is 175 Å². The van der Waals surface area contributed by atoms with Gasteiger partial charge in [0.25, 0.3) is 5.91 Å². The summed E-state index contributed by atoms with van der Waals surface area (Å²) in [5.41, 5.74) is 3.07. The fourth-order valence-corrected chi connectivity index (χ4v) is 5.04. The number of rotatable bonds is 5. The summed E-state index contributed by atoms with van der Waals surface area (Å²) in [5.74, 6) is 0.722. The van der Waals surface area contributed by atoms with Crippen molar-refractivity contribution in [2.45, 2.75) is 39.7 Å². The summed E-state index contributed by atoms with van der Waals surface area (Å²) < 4.78 is 1.77. The molecule has 1 fully saturated rings. The highest BCUT2D eigenvalue weighted by atomic mass is 32.1. The lowest BCUT2D eigenvalue weighted by atomic mass is 9.97. The van der Waals surface area contributed by atoms with E-state index < -0.39 is 0 Å². The van der Waals surface area contributed by atoms with Crippen LogP contribution in [0.15, 0.2) is 23.6 Å². The number of aromatic nitrogens is 3. The van der Waals surface area contributed by atoms with E-state index in [1.165, 1.54) is 17.7 Å². The zero-order chi connectivity index (χ0) is 20.5. The molecule has 3 aromatic heterocycles. The Morgan fingerprint density at radius 2 is 2.07 bits per heavy atom. The summed E-state index contributed by atoms with van der Waals surface area (Å²) >= 11 is 1.77. The Morgan fingerprint density at radius 3 is 2.76 bits per heavy atom. The molecule has 3 aromatic rings. The van der Waals surface area contributed by atoms with Crippen molar-refractivity contribution in [3.05, 3.63) is 45.4 Å². The molecule has 6 nitrogen and oxygen atoms in total. The molecule has 7 heteroatoms. The molecule has 4 rings (SSSR count). The van der Waals surface area contributed by atoms with Gasteiger partial charge in [0.05, 0.1) is 23.0 Å². The van der Waals surface area contributed by atoms with Gasteiger partial charge in [-0.3, -0.25) is 14.4 Å². The number of hydrogen-bond acceptors (Lipinski definition) is 5. The van der Waals surface area contributed by atoms with E-state index >= 15 is 0 Å². The van der Waals surface area contributed by atoms with Gasteiger partial charge in [-0.15, -0.1) is 11.3 Å². The van der Waals surface area contributed by atoms with Gasteiger partial charge in [0.2, 0.25) is 0 Å². The number of aryl methyl sites for hydroxylation is 3. The first kappa shape index (κ1) is 20.0. The second-order valence-corrected chi connectivity index (χ2v) is 9.14. The van der Waals surface area contributed by atoms with Crippen LogP contribution in [0.25, 0.3) is 11.0 Å². The topological polar surface area (TPSA) is 63.1 Å². The maximum Gasteiger partial charge on any atom is 0.253 e. The van der Waals surface area contributed by atoms with Crippen LogP contribution in [0.5, 0.6) is 0 Å². The highest BCUT2D eigenvalue weighted by Crippen LogP contribution is 2.29. The smallest absolute Gasteiger partial charge is 0.253 e. The van der Waals surface area contributed by atoms with E-state index in [-0.39, 0.29) is 11.9 Å². The summed E-state index contributed by atoms with van der Waals surface area (Å²) in [5, 5.41) is 10.7. The van der Waals surface area contributed by atoms with E-state index in [0.29, 0.717) is 12.1 Å². The molecule has 4 heterocycles. The summed E-state index contributed by atoms with van der Waals surface area (Å²) in [7, 11) is 1.88. The Bertz CT molecular complexity index is 1000. The Balaban J connectivity index is 1.53. The molecule has 0 aromatic carbocycles. The molecule has 1 amide bonds. The van der Waals surface area contributed by atoms with E-state index in [2.05, 4.69) is 44.7 Å². The number of thiophene rings is 1. The van der Waals surface area contributed by atoms with Crippen LogP contribution in [0.3, 0.4) is 0 Å². The third kappa shape index (κ3) is 4.07. The van der Waals surface area contributed by atoms with Gasteiger partial charge in [-0.1, -0.05) is 13.0 Å². The zero-order valence-corrected chi connectivity index (χ0v) is 18.4. The largest absolute Gasteiger partial charge is 0.350 e. The van der Waals surface area contributed by atoms with Gasteiger partial charge in [0, 0.05) is 23.9 Å². The normalized spacial score (nSPS) is 17.0. The summed E-state index contributed by atoms with van der Waals surface area (Å²) in [6.45, 7) is 8.94. The van der Waals surface area contributed by atoms with Crippen LogP contribution in [-0.2, 0) is 7.05 Å². The van der Waals surface area contributed by atoms with Gasteiger partial charge in [-0.2, -0.15) is 5.10 Å². The predicted molar refractivity (Wildman–Crippen MR) is 117 cm³/mol. The fourth-order valence-electron chi connectivity index (χ4n) is 4.18. The maximum atomic E-state index is 13.0. The summed E-state index contributed by atoms with van der Waals surface area (Å²) in [6.07, 6.45) is 2.44. The number of nitrogens with one attached hydrogen (secondary N) is 1. The highest BCUT2D eigenvalue weighted by molar-refractivity contribution is 7.10. The van der Waals surface area contributed by atoms with Gasteiger partial charge < -0.3 is 5.32 Å². The minimum Gasteiger partial charge on any atom is -0.350 e. The summed E-state index contributed by atoms with van der Waals surface area (Å²) in [6, 6.07) is 6.42. The van der Waals surface area contributed by atoms with Crippen LogP contribution in [0.2, 0.25) is 0 Å². The van der Waals surface area contributed by atoms with Gasteiger partial charge in [-0.25, -0.2) is 4.98 Å². The molecular weight excluding hydrogens is 382 g/mol. The lowest BCUT2D eigenvalue weighted by molar-refractivity contribution is 0.0914. The number of nitrogens with zero attached hydrogens (tertiary/aromatic N) is 4. The third-order valence-electron chi connectivity index (χ3n) is 6.02. The van der Waals surface area contributed by atoms with E-state index in [1.54, 1.807) is 16.0 Å². The van der Waals surface area contributed by atoms with E-state index in [9.17, 15) is 4.79 Å². The second-order valence-electron chi connectivity index (χ2n) is 8.16. The molecular formula is C22H29N5OS. The van der Waals surface area contributed by atoms with Crippen molar-refractivity contribution >= 4 is 28.3 Å². The van der Waals surface area contributed by atoms with E-state index in [1.807, 2.05) is 27.0 Å². The standard InChI is InChI=1S/C22H29N5OS/c1-14-7-9-27(10-8-14)19(20-6-5-11-29-20)13-23-22(28)18-12-17-16(3)25-26(4)21(17)24-15(18)2/h5-6,11-12,14,19H,7-10,13H2,1-4H3,(H,23,28). The minimum atomic E-state index is -0.0629.